The first kappa shape index (κ1) is 7.15. The van der Waals surface area contributed by atoms with Crippen molar-refractivity contribution in [1.29, 1.82) is 0 Å². The van der Waals surface area contributed by atoms with Gasteiger partial charge in [0.15, 0.2) is 0 Å². The monoisotopic (exact) mass is 137 g/mol. The van der Waals surface area contributed by atoms with Crippen molar-refractivity contribution in [3.63, 3.8) is 0 Å². The molecule has 3 nitrogen and oxygen atoms in total. The molecule has 1 rings (SSSR count). The Morgan fingerprint density at radius 2 is 1.80 bits per heavy atom. The molecule has 3 heteroatoms. The predicted octanol–water partition coefficient (Wildman–Crippen LogP) is 0.670. The van der Waals surface area contributed by atoms with Crippen LogP contribution in [0.5, 0.6) is 0 Å². The third kappa shape index (κ3) is 1.51. The van der Waals surface area contributed by atoms with E-state index >= 15 is 0 Å². The van der Waals surface area contributed by atoms with Gasteiger partial charge in [0, 0.05) is 23.5 Å². The second-order valence-corrected chi connectivity index (χ2v) is 2.85. The van der Waals surface area contributed by atoms with Crippen molar-refractivity contribution in [3.8, 4) is 0 Å². The fourth-order valence-corrected chi connectivity index (χ4v) is 0.632. The Morgan fingerprint density at radius 1 is 1.30 bits per heavy atom. The van der Waals surface area contributed by atoms with Gasteiger partial charge in [-0.15, -0.1) is 0 Å². The Labute approximate surface area is 60.3 Å². The largest absolute Gasteiger partial charge is 0.322 e. The predicted molar refractivity (Wildman–Crippen MR) is 39.2 cm³/mol. The van der Waals surface area contributed by atoms with Crippen molar-refractivity contribution in [1.82, 2.24) is 9.97 Å². The van der Waals surface area contributed by atoms with Crippen LogP contribution in [0.4, 0.5) is 0 Å². The first-order chi connectivity index (χ1) is 4.61. The van der Waals surface area contributed by atoms with Gasteiger partial charge in [0.25, 0.3) is 0 Å². The highest BCUT2D eigenvalue weighted by atomic mass is 14.8. The SMILES string of the molecule is CC(C)(N)c1cncnc1. The Hall–Kier alpha value is -0.960. The van der Waals surface area contributed by atoms with Crippen molar-refractivity contribution in [3.05, 3.63) is 24.3 Å². The van der Waals surface area contributed by atoms with Crippen molar-refractivity contribution in [2.75, 3.05) is 0 Å². The molecule has 54 valence electrons. The highest BCUT2D eigenvalue weighted by Gasteiger charge is 2.13. The van der Waals surface area contributed by atoms with Crippen molar-refractivity contribution < 1.29 is 0 Å². The molecule has 0 aliphatic carbocycles. The second-order valence-electron chi connectivity index (χ2n) is 2.85. The molecular weight excluding hydrogens is 126 g/mol. The van der Waals surface area contributed by atoms with Crippen LogP contribution in [0.3, 0.4) is 0 Å². The lowest BCUT2D eigenvalue weighted by atomic mass is 9.99. The third-order valence-corrected chi connectivity index (χ3v) is 1.30. The molecule has 1 heterocycles. The zero-order valence-electron chi connectivity index (χ0n) is 6.20. The minimum absolute atomic E-state index is 0.332. The number of hydrogen-bond donors (Lipinski definition) is 1. The van der Waals surface area contributed by atoms with Gasteiger partial charge in [-0.2, -0.15) is 0 Å². The average Bonchev–Trinajstić information content (AvgIpc) is 1.88. The van der Waals surface area contributed by atoms with E-state index in [4.69, 9.17) is 5.73 Å². The summed E-state index contributed by atoms with van der Waals surface area (Å²) in [5.41, 5.74) is 6.40. The van der Waals surface area contributed by atoms with Gasteiger partial charge in [-0.25, -0.2) is 9.97 Å². The van der Waals surface area contributed by atoms with E-state index in [1.807, 2.05) is 13.8 Å². The second kappa shape index (κ2) is 2.34. The van der Waals surface area contributed by atoms with Crippen LogP contribution >= 0.6 is 0 Å². The Bertz CT molecular complexity index is 200. The van der Waals surface area contributed by atoms with Crippen LogP contribution in [-0.2, 0) is 5.54 Å². The van der Waals surface area contributed by atoms with E-state index in [0.29, 0.717) is 0 Å². The van der Waals surface area contributed by atoms with Gasteiger partial charge in [0.2, 0.25) is 0 Å². The Morgan fingerprint density at radius 3 is 2.10 bits per heavy atom. The molecule has 0 aliphatic heterocycles. The molecule has 1 aromatic rings. The lowest BCUT2D eigenvalue weighted by molar-refractivity contribution is 0.549. The number of hydrogen-bond acceptors (Lipinski definition) is 3. The maximum Gasteiger partial charge on any atom is 0.115 e. The van der Waals surface area contributed by atoms with Crippen LogP contribution in [0.2, 0.25) is 0 Å². The van der Waals surface area contributed by atoms with Crippen LogP contribution in [0.25, 0.3) is 0 Å². The van der Waals surface area contributed by atoms with Crippen LogP contribution in [-0.4, -0.2) is 9.97 Å². The van der Waals surface area contributed by atoms with Crippen LogP contribution in [0.15, 0.2) is 18.7 Å². The fraction of sp³-hybridized carbons (Fsp3) is 0.429. The summed E-state index contributed by atoms with van der Waals surface area (Å²) in [6.07, 6.45) is 4.95. The molecule has 2 N–H and O–H groups in total. The summed E-state index contributed by atoms with van der Waals surface area (Å²) in [5.74, 6) is 0. The zero-order valence-corrected chi connectivity index (χ0v) is 6.20. The van der Waals surface area contributed by atoms with Crippen molar-refractivity contribution in [2.24, 2.45) is 5.73 Å². The lowest BCUT2D eigenvalue weighted by Gasteiger charge is -2.16. The first-order valence-electron chi connectivity index (χ1n) is 3.15. The first-order valence-corrected chi connectivity index (χ1v) is 3.15. The smallest absolute Gasteiger partial charge is 0.115 e. The van der Waals surface area contributed by atoms with Crippen molar-refractivity contribution in [2.45, 2.75) is 19.4 Å². The van der Waals surface area contributed by atoms with Gasteiger partial charge >= 0.3 is 0 Å². The molecule has 0 unspecified atom stereocenters. The molecule has 0 fully saturated rings. The maximum absolute atomic E-state index is 5.78. The van der Waals surface area contributed by atoms with Gasteiger partial charge in [0.05, 0.1) is 0 Å². The highest BCUT2D eigenvalue weighted by Crippen LogP contribution is 2.12. The van der Waals surface area contributed by atoms with Crippen LogP contribution in [0.1, 0.15) is 19.4 Å². The maximum atomic E-state index is 5.78. The Kier molecular flexibility index (Phi) is 1.68. The summed E-state index contributed by atoms with van der Waals surface area (Å²) in [6, 6.07) is 0. The van der Waals surface area contributed by atoms with Gasteiger partial charge in [-0.1, -0.05) is 0 Å². The topological polar surface area (TPSA) is 51.8 Å². The number of nitrogens with two attached hydrogens (primary N) is 1. The molecule has 0 saturated heterocycles. The summed E-state index contributed by atoms with van der Waals surface area (Å²) >= 11 is 0. The number of aromatic nitrogens is 2. The van der Waals surface area contributed by atoms with Gasteiger partial charge in [-0.05, 0) is 13.8 Å². The summed E-state index contributed by atoms with van der Waals surface area (Å²) in [5, 5.41) is 0. The minimum atomic E-state index is -0.332. The standard InChI is InChI=1S/C7H11N3/c1-7(2,8)6-3-9-5-10-4-6/h3-5H,8H2,1-2H3. The lowest BCUT2D eigenvalue weighted by Crippen LogP contribution is -2.28. The van der Waals surface area contributed by atoms with E-state index in [9.17, 15) is 0 Å². The molecule has 0 aliphatic rings. The van der Waals surface area contributed by atoms with Gasteiger partial charge in [-0.3, -0.25) is 0 Å². The molecule has 10 heavy (non-hydrogen) atoms. The molecule has 0 spiro atoms. The summed E-state index contributed by atoms with van der Waals surface area (Å²) < 4.78 is 0. The molecule has 0 bridgehead atoms. The Balaban J connectivity index is 2.97. The van der Waals surface area contributed by atoms with E-state index in [0.717, 1.165) is 5.56 Å². The summed E-state index contributed by atoms with van der Waals surface area (Å²) in [4.78, 5) is 7.72. The van der Waals surface area contributed by atoms with E-state index < -0.39 is 0 Å². The van der Waals surface area contributed by atoms with E-state index in [-0.39, 0.29) is 5.54 Å². The molecular formula is C7H11N3. The average molecular weight is 137 g/mol. The van der Waals surface area contributed by atoms with E-state index in [1.54, 1.807) is 12.4 Å². The van der Waals surface area contributed by atoms with Crippen molar-refractivity contribution >= 4 is 0 Å². The van der Waals surface area contributed by atoms with Crippen LogP contribution in [0, 0.1) is 0 Å². The molecule has 0 atom stereocenters. The molecule has 1 aromatic heterocycles. The van der Waals surface area contributed by atoms with Gasteiger partial charge in [0.1, 0.15) is 6.33 Å². The molecule has 0 amide bonds. The summed E-state index contributed by atoms with van der Waals surface area (Å²) in [6.45, 7) is 3.84. The van der Waals surface area contributed by atoms with E-state index in [1.165, 1.54) is 6.33 Å². The highest BCUT2D eigenvalue weighted by molar-refractivity contribution is 5.12. The minimum Gasteiger partial charge on any atom is -0.322 e. The van der Waals surface area contributed by atoms with Crippen LogP contribution < -0.4 is 5.73 Å². The number of nitrogens with zero attached hydrogens (tertiary/aromatic N) is 2. The third-order valence-electron chi connectivity index (χ3n) is 1.30. The number of rotatable bonds is 1. The molecule has 0 aromatic carbocycles. The fourth-order valence-electron chi connectivity index (χ4n) is 0.632. The van der Waals surface area contributed by atoms with E-state index in [2.05, 4.69) is 9.97 Å². The molecule has 0 saturated carbocycles. The molecule has 0 radical (unpaired) electrons. The van der Waals surface area contributed by atoms with Gasteiger partial charge < -0.3 is 5.73 Å². The summed E-state index contributed by atoms with van der Waals surface area (Å²) in [7, 11) is 0. The quantitative estimate of drug-likeness (QED) is 0.619. The normalized spacial score (nSPS) is 11.5. The zero-order chi connectivity index (χ0) is 7.61.